The maximum atomic E-state index is 13.7. The summed E-state index contributed by atoms with van der Waals surface area (Å²) in [6.45, 7) is 3.73. The number of carbonyl (C=O) groups excluding carboxylic acids is 1. The first-order chi connectivity index (χ1) is 13.0. The number of aromatic nitrogens is 2. The van der Waals surface area contributed by atoms with E-state index in [1.54, 1.807) is 22.5 Å². The minimum absolute atomic E-state index is 0.167. The van der Waals surface area contributed by atoms with E-state index in [4.69, 9.17) is 0 Å². The van der Waals surface area contributed by atoms with Crippen molar-refractivity contribution < 1.29 is 9.18 Å². The third kappa shape index (κ3) is 3.37. The van der Waals surface area contributed by atoms with E-state index in [1.165, 1.54) is 12.1 Å². The molecule has 2 heterocycles. The van der Waals surface area contributed by atoms with Crippen molar-refractivity contribution in [2.45, 2.75) is 31.2 Å². The van der Waals surface area contributed by atoms with Gasteiger partial charge in [0.05, 0.1) is 28.7 Å². The Hall–Kier alpha value is -2.60. The number of nitrogens with one attached hydrogen (secondary N) is 1. The van der Waals surface area contributed by atoms with Crippen LogP contribution in [0.4, 0.5) is 4.39 Å². The summed E-state index contributed by atoms with van der Waals surface area (Å²) in [6.07, 6.45) is 0.776. The number of thioether (sulfide) groups is 1. The second kappa shape index (κ2) is 7.19. The lowest BCUT2D eigenvalue weighted by Gasteiger charge is -2.26. The van der Waals surface area contributed by atoms with Gasteiger partial charge in [-0.25, -0.2) is 9.07 Å². The minimum Gasteiger partial charge on any atom is -0.345 e. The van der Waals surface area contributed by atoms with Crippen molar-refractivity contribution in [2.75, 3.05) is 5.75 Å². The van der Waals surface area contributed by atoms with E-state index in [9.17, 15) is 9.18 Å². The summed E-state index contributed by atoms with van der Waals surface area (Å²) in [5.41, 5.74) is 3.82. The van der Waals surface area contributed by atoms with Crippen LogP contribution in [-0.2, 0) is 0 Å². The van der Waals surface area contributed by atoms with E-state index in [0.29, 0.717) is 11.3 Å². The molecule has 4 nitrogen and oxygen atoms in total. The van der Waals surface area contributed by atoms with E-state index < -0.39 is 0 Å². The van der Waals surface area contributed by atoms with Crippen LogP contribution in [-0.4, -0.2) is 21.4 Å². The number of carbonyl (C=O) groups is 1. The van der Waals surface area contributed by atoms with Crippen LogP contribution >= 0.6 is 11.8 Å². The number of benzene rings is 2. The van der Waals surface area contributed by atoms with Gasteiger partial charge in [-0.2, -0.15) is 5.10 Å². The fourth-order valence-electron chi connectivity index (χ4n) is 3.54. The smallest absolute Gasteiger partial charge is 0.255 e. The molecule has 0 saturated heterocycles. The maximum absolute atomic E-state index is 13.7. The zero-order valence-corrected chi connectivity index (χ0v) is 16.0. The molecule has 0 saturated carbocycles. The monoisotopic (exact) mass is 381 g/mol. The molecule has 0 spiro atoms. The molecule has 4 rings (SSSR count). The number of para-hydroxylation sites is 1. The summed E-state index contributed by atoms with van der Waals surface area (Å²) in [5, 5.41) is 7.64. The first kappa shape index (κ1) is 17.8. The molecule has 6 heteroatoms. The quantitative estimate of drug-likeness (QED) is 0.722. The van der Waals surface area contributed by atoms with Gasteiger partial charge in [-0.1, -0.05) is 18.2 Å². The second-order valence-corrected chi connectivity index (χ2v) is 7.78. The standard InChI is InChI=1S/C21H20FN3OS/c1-13-20(14(2)25(24-13)16-6-4-3-5-7-16)21(26)23-18-10-11-27-19-9-8-15(22)12-17(18)19/h3-9,12,18H,10-11H2,1-2H3,(H,23,26). The number of fused-ring (bicyclic) bond motifs is 1. The van der Waals surface area contributed by atoms with Crippen LogP contribution in [0.5, 0.6) is 0 Å². The van der Waals surface area contributed by atoms with Crippen LogP contribution in [0.3, 0.4) is 0 Å². The fourth-order valence-corrected chi connectivity index (χ4v) is 4.64. The summed E-state index contributed by atoms with van der Waals surface area (Å²) in [4.78, 5) is 14.1. The van der Waals surface area contributed by atoms with E-state index >= 15 is 0 Å². The Morgan fingerprint density at radius 3 is 2.78 bits per heavy atom. The van der Waals surface area contributed by atoms with Crippen LogP contribution in [0.2, 0.25) is 0 Å². The number of aryl methyl sites for hydroxylation is 1. The number of amides is 1. The van der Waals surface area contributed by atoms with Crippen LogP contribution in [0.1, 0.15) is 39.8 Å². The van der Waals surface area contributed by atoms with Gasteiger partial charge in [-0.15, -0.1) is 11.8 Å². The maximum Gasteiger partial charge on any atom is 0.255 e. The summed E-state index contributed by atoms with van der Waals surface area (Å²) in [6, 6.07) is 14.3. The molecule has 1 amide bonds. The average molecular weight is 381 g/mol. The predicted octanol–water partition coefficient (Wildman–Crippen LogP) is 4.60. The van der Waals surface area contributed by atoms with E-state index in [-0.39, 0.29) is 17.8 Å². The molecule has 138 valence electrons. The van der Waals surface area contributed by atoms with Crippen molar-refractivity contribution in [1.29, 1.82) is 0 Å². The number of rotatable bonds is 3. The van der Waals surface area contributed by atoms with Crippen LogP contribution in [0, 0.1) is 19.7 Å². The van der Waals surface area contributed by atoms with Crippen molar-refractivity contribution >= 4 is 17.7 Å². The first-order valence-electron chi connectivity index (χ1n) is 8.89. The van der Waals surface area contributed by atoms with Crippen molar-refractivity contribution in [1.82, 2.24) is 15.1 Å². The van der Waals surface area contributed by atoms with Crippen LogP contribution in [0.15, 0.2) is 53.4 Å². The second-order valence-electron chi connectivity index (χ2n) is 6.64. The normalized spacial score (nSPS) is 16.0. The topological polar surface area (TPSA) is 46.9 Å². The SMILES string of the molecule is Cc1nn(-c2ccccc2)c(C)c1C(=O)NC1CCSc2ccc(F)cc21. The first-order valence-corrected chi connectivity index (χ1v) is 9.88. The highest BCUT2D eigenvalue weighted by atomic mass is 32.2. The molecule has 1 aromatic heterocycles. The fraction of sp³-hybridized carbons (Fsp3) is 0.238. The third-order valence-corrected chi connectivity index (χ3v) is 5.96. The predicted molar refractivity (Wildman–Crippen MR) is 105 cm³/mol. The van der Waals surface area contributed by atoms with E-state index in [0.717, 1.165) is 34.0 Å². The number of hydrogen-bond donors (Lipinski definition) is 1. The minimum atomic E-state index is -0.278. The van der Waals surface area contributed by atoms with Gasteiger partial charge < -0.3 is 5.32 Å². The Kier molecular flexibility index (Phi) is 4.74. The van der Waals surface area contributed by atoms with Gasteiger partial charge in [0.1, 0.15) is 5.82 Å². The van der Waals surface area contributed by atoms with Gasteiger partial charge in [0.2, 0.25) is 0 Å². The molecule has 0 fully saturated rings. The Bertz CT molecular complexity index is 1000. The number of hydrogen-bond acceptors (Lipinski definition) is 3. The summed E-state index contributed by atoms with van der Waals surface area (Å²) in [5.74, 6) is 0.448. The van der Waals surface area contributed by atoms with Crippen molar-refractivity contribution in [3.63, 3.8) is 0 Å². The summed E-state index contributed by atoms with van der Waals surface area (Å²) in [7, 11) is 0. The molecular weight excluding hydrogens is 361 g/mol. The van der Waals surface area contributed by atoms with Gasteiger partial charge in [0.25, 0.3) is 5.91 Å². The molecule has 0 radical (unpaired) electrons. The highest BCUT2D eigenvalue weighted by Gasteiger charge is 2.26. The van der Waals surface area contributed by atoms with Crippen LogP contribution in [0.25, 0.3) is 5.69 Å². The van der Waals surface area contributed by atoms with Gasteiger partial charge in [0.15, 0.2) is 0 Å². The zero-order valence-electron chi connectivity index (χ0n) is 15.2. The molecule has 0 aliphatic carbocycles. The molecule has 27 heavy (non-hydrogen) atoms. The lowest BCUT2D eigenvalue weighted by Crippen LogP contribution is -2.31. The van der Waals surface area contributed by atoms with Crippen LogP contribution < -0.4 is 5.32 Å². The molecular formula is C21H20FN3OS. The molecule has 3 aromatic rings. The Labute approximate surface area is 161 Å². The summed E-state index contributed by atoms with van der Waals surface area (Å²) >= 11 is 1.70. The molecule has 2 aromatic carbocycles. The number of nitrogens with zero attached hydrogens (tertiary/aromatic N) is 2. The van der Waals surface area contributed by atoms with Gasteiger partial charge in [0, 0.05) is 10.6 Å². The molecule has 1 aliphatic heterocycles. The van der Waals surface area contributed by atoms with Crippen molar-refractivity contribution in [3.05, 3.63) is 76.9 Å². The molecule has 1 N–H and O–H groups in total. The Morgan fingerprint density at radius 2 is 2.00 bits per heavy atom. The average Bonchev–Trinajstić information content (AvgIpc) is 2.97. The van der Waals surface area contributed by atoms with Crippen molar-refractivity contribution in [2.24, 2.45) is 0 Å². The van der Waals surface area contributed by atoms with Gasteiger partial charge in [-0.05, 0) is 56.2 Å². The molecule has 1 atom stereocenters. The molecule has 0 bridgehead atoms. The largest absolute Gasteiger partial charge is 0.345 e. The van der Waals surface area contributed by atoms with Gasteiger partial charge >= 0.3 is 0 Å². The van der Waals surface area contributed by atoms with Crippen molar-refractivity contribution in [3.8, 4) is 5.69 Å². The molecule has 1 unspecified atom stereocenters. The lowest BCUT2D eigenvalue weighted by atomic mass is 10.0. The van der Waals surface area contributed by atoms with E-state index in [1.807, 2.05) is 44.2 Å². The highest BCUT2D eigenvalue weighted by Crippen LogP contribution is 2.36. The van der Waals surface area contributed by atoms with Gasteiger partial charge in [-0.3, -0.25) is 4.79 Å². The number of halogens is 1. The molecule has 1 aliphatic rings. The highest BCUT2D eigenvalue weighted by molar-refractivity contribution is 7.99. The van der Waals surface area contributed by atoms with E-state index in [2.05, 4.69) is 10.4 Å². The Balaban J connectivity index is 1.64. The summed E-state index contributed by atoms with van der Waals surface area (Å²) < 4.78 is 15.5. The third-order valence-electron chi connectivity index (χ3n) is 4.84. The lowest BCUT2D eigenvalue weighted by molar-refractivity contribution is 0.0933. The zero-order chi connectivity index (χ0) is 19.0. The Morgan fingerprint density at radius 1 is 1.22 bits per heavy atom.